The molecule has 0 fully saturated rings. The molecule has 0 saturated carbocycles. The summed E-state index contributed by atoms with van der Waals surface area (Å²) in [6.45, 7) is 3.84. The van der Waals surface area contributed by atoms with Crippen LogP contribution in [0.1, 0.15) is 11.4 Å². The first-order valence-electron chi connectivity index (χ1n) is 4.81. The van der Waals surface area contributed by atoms with Crippen molar-refractivity contribution >= 4 is 0 Å². The van der Waals surface area contributed by atoms with Gasteiger partial charge in [-0.15, -0.1) is 0 Å². The van der Waals surface area contributed by atoms with Crippen LogP contribution in [0.4, 0.5) is 0 Å². The summed E-state index contributed by atoms with van der Waals surface area (Å²) >= 11 is 0. The van der Waals surface area contributed by atoms with E-state index in [-0.39, 0.29) is 5.56 Å². The smallest absolute Gasteiger partial charge is 0.255 e. The van der Waals surface area contributed by atoms with Gasteiger partial charge in [0, 0.05) is 18.0 Å². The summed E-state index contributed by atoms with van der Waals surface area (Å²) in [5.41, 5.74) is 2.63. The lowest BCUT2D eigenvalue weighted by atomic mass is 10.2. The minimum absolute atomic E-state index is 0.0359. The van der Waals surface area contributed by atoms with Crippen LogP contribution < -0.4 is 5.56 Å². The number of pyridine rings is 2. The fraction of sp³-hybridized carbons (Fsp3) is 0.167. The SMILES string of the molecule is Cc1ccc(-n2ccccc2=O)c(C)n1. The topological polar surface area (TPSA) is 34.9 Å². The molecule has 0 aliphatic carbocycles. The summed E-state index contributed by atoms with van der Waals surface area (Å²) in [6, 6.07) is 8.93. The van der Waals surface area contributed by atoms with E-state index in [1.165, 1.54) is 0 Å². The summed E-state index contributed by atoms with van der Waals surface area (Å²) in [4.78, 5) is 15.9. The highest BCUT2D eigenvalue weighted by atomic mass is 16.1. The molecule has 0 unspecified atom stereocenters. The fourth-order valence-electron chi connectivity index (χ4n) is 1.56. The lowest BCUT2D eigenvalue weighted by Crippen LogP contribution is -2.17. The predicted octanol–water partition coefficient (Wildman–Crippen LogP) is 1.85. The van der Waals surface area contributed by atoms with Crippen molar-refractivity contribution in [1.82, 2.24) is 9.55 Å². The van der Waals surface area contributed by atoms with E-state index in [0.717, 1.165) is 17.1 Å². The van der Waals surface area contributed by atoms with Gasteiger partial charge in [-0.2, -0.15) is 0 Å². The summed E-state index contributed by atoms with van der Waals surface area (Å²) in [7, 11) is 0. The molecule has 0 aromatic carbocycles. The van der Waals surface area contributed by atoms with Gasteiger partial charge in [-0.3, -0.25) is 14.3 Å². The third kappa shape index (κ3) is 1.81. The van der Waals surface area contributed by atoms with Crippen molar-refractivity contribution in [2.75, 3.05) is 0 Å². The molecule has 0 spiro atoms. The summed E-state index contributed by atoms with van der Waals surface area (Å²) in [5, 5.41) is 0. The fourth-order valence-corrected chi connectivity index (χ4v) is 1.56. The molecule has 2 aromatic rings. The van der Waals surface area contributed by atoms with Crippen LogP contribution in [0.2, 0.25) is 0 Å². The van der Waals surface area contributed by atoms with Crippen molar-refractivity contribution in [3.8, 4) is 5.69 Å². The molecule has 0 aliphatic heterocycles. The van der Waals surface area contributed by atoms with Crippen LogP contribution in [-0.4, -0.2) is 9.55 Å². The molecule has 0 amide bonds. The number of aromatic nitrogens is 2. The molecule has 76 valence electrons. The molecule has 0 aliphatic rings. The Labute approximate surface area is 88.0 Å². The van der Waals surface area contributed by atoms with Gasteiger partial charge in [0.15, 0.2) is 0 Å². The van der Waals surface area contributed by atoms with Gasteiger partial charge in [0.1, 0.15) is 0 Å². The third-order valence-electron chi connectivity index (χ3n) is 2.28. The Morgan fingerprint density at radius 3 is 2.60 bits per heavy atom. The van der Waals surface area contributed by atoms with Gasteiger partial charge in [0.05, 0.1) is 11.4 Å². The molecule has 0 radical (unpaired) electrons. The van der Waals surface area contributed by atoms with Crippen LogP contribution >= 0.6 is 0 Å². The zero-order chi connectivity index (χ0) is 10.8. The third-order valence-corrected chi connectivity index (χ3v) is 2.28. The zero-order valence-corrected chi connectivity index (χ0v) is 8.77. The van der Waals surface area contributed by atoms with E-state index >= 15 is 0 Å². The Morgan fingerprint density at radius 2 is 1.93 bits per heavy atom. The zero-order valence-electron chi connectivity index (χ0n) is 8.77. The normalized spacial score (nSPS) is 10.3. The molecule has 2 rings (SSSR count). The summed E-state index contributed by atoms with van der Waals surface area (Å²) < 4.78 is 1.60. The van der Waals surface area contributed by atoms with E-state index in [1.54, 1.807) is 22.9 Å². The highest BCUT2D eigenvalue weighted by Gasteiger charge is 2.02. The van der Waals surface area contributed by atoms with Gasteiger partial charge in [-0.1, -0.05) is 6.07 Å². The van der Waals surface area contributed by atoms with E-state index in [2.05, 4.69) is 4.98 Å². The molecule has 3 nitrogen and oxygen atoms in total. The number of rotatable bonds is 1. The van der Waals surface area contributed by atoms with Crippen molar-refractivity contribution < 1.29 is 0 Å². The standard InChI is InChI=1S/C12H12N2O/c1-9-6-7-11(10(2)13-9)14-8-4-3-5-12(14)15/h3-8H,1-2H3. The summed E-state index contributed by atoms with van der Waals surface area (Å²) in [5.74, 6) is 0. The molecule has 0 N–H and O–H groups in total. The average Bonchev–Trinajstić information content (AvgIpc) is 2.20. The van der Waals surface area contributed by atoms with E-state index < -0.39 is 0 Å². The van der Waals surface area contributed by atoms with Crippen molar-refractivity contribution in [3.63, 3.8) is 0 Å². The Kier molecular flexibility index (Phi) is 2.37. The number of aryl methyl sites for hydroxylation is 2. The van der Waals surface area contributed by atoms with Crippen LogP contribution in [0.3, 0.4) is 0 Å². The lowest BCUT2D eigenvalue weighted by molar-refractivity contribution is 0.948. The number of nitrogens with zero attached hydrogens (tertiary/aromatic N) is 2. The van der Waals surface area contributed by atoms with Crippen molar-refractivity contribution in [3.05, 3.63) is 58.3 Å². The summed E-state index contributed by atoms with van der Waals surface area (Å²) in [6.07, 6.45) is 1.75. The molecule has 2 aromatic heterocycles. The first kappa shape index (κ1) is 9.65. The second kappa shape index (κ2) is 3.69. The Hall–Kier alpha value is -1.90. The Bertz CT molecular complexity index is 543. The predicted molar refractivity (Wildman–Crippen MR) is 59.3 cm³/mol. The molecular formula is C12H12N2O. The van der Waals surface area contributed by atoms with Gasteiger partial charge in [0.2, 0.25) is 0 Å². The largest absolute Gasteiger partial charge is 0.282 e. The van der Waals surface area contributed by atoms with E-state index in [9.17, 15) is 4.79 Å². The van der Waals surface area contributed by atoms with Crippen LogP contribution in [0, 0.1) is 13.8 Å². The maximum atomic E-state index is 11.6. The van der Waals surface area contributed by atoms with E-state index in [0.29, 0.717) is 0 Å². The Morgan fingerprint density at radius 1 is 1.13 bits per heavy atom. The quantitative estimate of drug-likeness (QED) is 0.704. The maximum Gasteiger partial charge on any atom is 0.255 e. The molecule has 0 bridgehead atoms. The van der Waals surface area contributed by atoms with E-state index in [4.69, 9.17) is 0 Å². The minimum atomic E-state index is -0.0359. The van der Waals surface area contributed by atoms with Gasteiger partial charge < -0.3 is 0 Å². The molecule has 3 heteroatoms. The molecule has 0 saturated heterocycles. The molecule has 0 atom stereocenters. The van der Waals surface area contributed by atoms with Crippen molar-refractivity contribution in [2.45, 2.75) is 13.8 Å². The average molecular weight is 200 g/mol. The first-order chi connectivity index (χ1) is 7.18. The second-order valence-electron chi connectivity index (χ2n) is 3.47. The molecule has 2 heterocycles. The highest BCUT2D eigenvalue weighted by Crippen LogP contribution is 2.09. The van der Waals surface area contributed by atoms with Crippen molar-refractivity contribution in [1.29, 1.82) is 0 Å². The first-order valence-corrected chi connectivity index (χ1v) is 4.81. The lowest BCUT2D eigenvalue weighted by Gasteiger charge is -2.08. The van der Waals surface area contributed by atoms with Gasteiger partial charge in [-0.25, -0.2) is 0 Å². The monoisotopic (exact) mass is 200 g/mol. The molecular weight excluding hydrogens is 188 g/mol. The maximum absolute atomic E-state index is 11.6. The van der Waals surface area contributed by atoms with Gasteiger partial charge in [-0.05, 0) is 32.0 Å². The van der Waals surface area contributed by atoms with Gasteiger partial charge in [0.25, 0.3) is 5.56 Å². The van der Waals surface area contributed by atoms with Crippen LogP contribution in [-0.2, 0) is 0 Å². The van der Waals surface area contributed by atoms with Gasteiger partial charge >= 0.3 is 0 Å². The highest BCUT2D eigenvalue weighted by molar-refractivity contribution is 5.37. The number of hydrogen-bond donors (Lipinski definition) is 0. The minimum Gasteiger partial charge on any atom is -0.282 e. The van der Waals surface area contributed by atoms with Crippen LogP contribution in [0.5, 0.6) is 0 Å². The number of hydrogen-bond acceptors (Lipinski definition) is 2. The van der Waals surface area contributed by atoms with Crippen molar-refractivity contribution in [2.24, 2.45) is 0 Å². The van der Waals surface area contributed by atoms with Crippen LogP contribution in [0.25, 0.3) is 5.69 Å². The van der Waals surface area contributed by atoms with E-state index in [1.807, 2.05) is 32.0 Å². The second-order valence-corrected chi connectivity index (χ2v) is 3.47. The Balaban J connectivity index is 2.65. The molecule has 15 heavy (non-hydrogen) atoms. The van der Waals surface area contributed by atoms with Crippen LogP contribution in [0.15, 0.2) is 41.3 Å².